The summed E-state index contributed by atoms with van der Waals surface area (Å²) in [6, 6.07) is 1.75. The van der Waals surface area contributed by atoms with E-state index < -0.39 is 5.97 Å². The molecule has 1 atom stereocenters. The summed E-state index contributed by atoms with van der Waals surface area (Å²) in [5, 5.41) is 19.5. The number of aliphatic hydroxyl groups excluding tert-OH is 1. The topological polar surface area (TPSA) is 96.3 Å². The number of carboxylic acids is 1. The van der Waals surface area contributed by atoms with Crippen LogP contribution in [0, 0.1) is 29.1 Å². The smallest absolute Gasteiger partial charge is 0.348 e. The maximum atomic E-state index is 14.1. The van der Waals surface area contributed by atoms with Gasteiger partial charge in [-0.25, -0.2) is 4.79 Å². The van der Waals surface area contributed by atoms with Crippen molar-refractivity contribution in [3.63, 3.8) is 0 Å². The number of aromatic carboxylic acids is 1. The van der Waals surface area contributed by atoms with E-state index in [2.05, 4.69) is 18.8 Å². The molecule has 1 saturated heterocycles. The first kappa shape index (κ1) is 29.1. The Balaban J connectivity index is 1.60. The number of carbonyl (C=O) groups excluding carboxylic acids is 1. The number of carbonyl (C=O) groups is 2. The number of rotatable bonds is 8. The van der Waals surface area contributed by atoms with Crippen LogP contribution in [0.1, 0.15) is 99.5 Å². The van der Waals surface area contributed by atoms with Crippen LogP contribution in [0.2, 0.25) is 0 Å². The van der Waals surface area contributed by atoms with E-state index in [0.717, 1.165) is 75.7 Å². The maximum absolute atomic E-state index is 14.1. The molecule has 2 aliphatic carbocycles. The average Bonchev–Trinajstić information content (AvgIpc) is 3.55. The second-order valence-electron chi connectivity index (χ2n) is 12.0. The summed E-state index contributed by atoms with van der Waals surface area (Å²) >= 11 is 1.14. The van der Waals surface area contributed by atoms with Gasteiger partial charge in [0.1, 0.15) is 4.88 Å². The first-order chi connectivity index (χ1) is 18.2. The van der Waals surface area contributed by atoms with Crippen LogP contribution in [0.3, 0.4) is 0 Å². The molecule has 7 nitrogen and oxygen atoms in total. The van der Waals surface area contributed by atoms with E-state index in [4.69, 9.17) is 9.47 Å². The molecule has 1 unspecified atom stereocenters. The Kier molecular flexibility index (Phi) is 9.91. The normalized spacial score (nSPS) is 27.9. The second kappa shape index (κ2) is 13.0. The first-order valence-corrected chi connectivity index (χ1v) is 15.1. The molecule has 1 amide bonds. The number of thiophene rings is 1. The molecular weight excluding hydrogens is 502 g/mol. The number of hydrogen-bond donors (Lipinski definition) is 2. The fourth-order valence-electron chi connectivity index (χ4n) is 5.88. The molecule has 1 aromatic rings. The van der Waals surface area contributed by atoms with Gasteiger partial charge < -0.3 is 24.6 Å². The van der Waals surface area contributed by atoms with Crippen LogP contribution in [0.4, 0.5) is 5.69 Å². The van der Waals surface area contributed by atoms with Crippen molar-refractivity contribution in [1.29, 1.82) is 0 Å². The van der Waals surface area contributed by atoms with Crippen LogP contribution in [-0.2, 0) is 14.3 Å². The van der Waals surface area contributed by atoms with Gasteiger partial charge in [-0.05, 0) is 90.0 Å². The summed E-state index contributed by atoms with van der Waals surface area (Å²) in [5.74, 6) is 5.91. The third-order valence-electron chi connectivity index (χ3n) is 8.31. The Hall–Kier alpha value is -1.92. The minimum absolute atomic E-state index is 0.0419. The molecule has 0 radical (unpaired) electrons. The van der Waals surface area contributed by atoms with E-state index in [1.54, 1.807) is 6.07 Å². The Labute approximate surface area is 230 Å². The molecular formula is C30H43NO6S. The number of anilines is 1. The Bertz CT molecular complexity index is 1020. The first-order valence-electron chi connectivity index (χ1n) is 14.2. The minimum atomic E-state index is -1.03. The standard InChI is InChI=1S/C30H43NO6S/c1-20-4-6-21(7-5-20)28(33)31(22-8-10-23(11-9-22)37-24-13-17-36-19-24)26-18-25(38-27(26)29(34)35)12-14-30(2,3)15-16-32/h18,20-24,32H,4-11,13,15-17,19H2,1-3H3,(H,34,35)/t20-,21-,22-,23-,24?. The van der Waals surface area contributed by atoms with Crippen molar-refractivity contribution < 1.29 is 29.3 Å². The van der Waals surface area contributed by atoms with Crippen LogP contribution in [0.15, 0.2) is 6.07 Å². The molecule has 38 heavy (non-hydrogen) atoms. The number of amides is 1. The summed E-state index contributed by atoms with van der Waals surface area (Å²) in [5.41, 5.74) is 0.100. The number of aliphatic hydroxyl groups is 1. The highest BCUT2D eigenvalue weighted by atomic mass is 32.1. The number of carboxylic acid groups (broad SMARTS) is 1. The maximum Gasteiger partial charge on any atom is 0.348 e. The van der Waals surface area contributed by atoms with Gasteiger partial charge in [0.2, 0.25) is 5.91 Å². The number of nitrogens with zero attached hydrogens (tertiary/aromatic N) is 1. The monoisotopic (exact) mass is 545 g/mol. The highest BCUT2D eigenvalue weighted by Crippen LogP contribution is 2.39. The highest BCUT2D eigenvalue weighted by Gasteiger charge is 2.38. The minimum Gasteiger partial charge on any atom is -0.477 e. The molecule has 2 N–H and O–H groups in total. The van der Waals surface area contributed by atoms with Gasteiger partial charge >= 0.3 is 5.97 Å². The number of ether oxygens (including phenoxy) is 2. The van der Waals surface area contributed by atoms with Crippen LogP contribution >= 0.6 is 11.3 Å². The fraction of sp³-hybridized carbons (Fsp3) is 0.733. The van der Waals surface area contributed by atoms with E-state index in [9.17, 15) is 19.8 Å². The SMILES string of the molecule is CC(C)(C#Cc1cc(N(C(=O)[C@H]2CC[C@H](C)CC2)[C@H]2CC[C@H](OC3CCOC3)CC2)c(C(=O)O)s1)CCO. The molecule has 210 valence electrons. The van der Waals surface area contributed by atoms with Crippen LogP contribution < -0.4 is 4.90 Å². The van der Waals surface area contributed by atoms with E-state index >= 15 is 0 Å². The fourth-order valence-corrected chi connectivity index (χ4v) is 6.72. The highest BCUT2D eigenvalue weighted by molar-refractivity contribution is 7.15. The van der Waals surface area contributed by atoms with Crippen molar-refractivity contribution in [3.8, 4) is 11.8 Å². The third-order valence-corrected chi connectivity index (χ3v) is 9.34. The predicted molar refractivity (Wildman–Crippen MR) is 149 cm³/mol. The molecule has 8 heteroatoms. The Morgan fingerprint density at radius 3 is 2.42 bits per heavy atom. The van der Waals surface area contributed by atoms with Gasteiger partial charge in [0.05, 0.1) is 29.4 Å². The van der Waals surface area contributed by atoms with Crippen LogP contribution in [0.5, 0.6) is 0 Å². The summed E-state index contributed by atoms with van der Waals surface area (Å²) in [7, 11) is 0. The quantitative estimate of drug-likeness (QED) is 0.420. The Morgan fingerprint density at radius 1 is 1.11 bits per heavy atom. The van der Waals surface area contributed by atoms with E-state index in [1.807, 2.05) is 18.7 Å². The molecule has 4 rings (SSSR count). The van der Waals surface area contributed by atoms with Crippen molar-refractivity contribution in [2.45, 2.75) is 103 Å². The summed E-state index contributed by atoms with van der Waals surface area (Å²) in [6.07, 6.45) is 8.80. The largest absolute Gasteiger partial charge is 0.477 e. The number of hydrogen-bond acceptors (Lipinski definition) is 6. The van der Waals surface area contributed by atoms with E-state index in [-0.39, 0.29) is 47.0 Å². The lowest BCUT2D eigenvalue weighted by Crippen LogP contribution is -2.47. The van der Waals surface area contributed by atoms with Crippen molar-refractivity contribution >= 4 is 28.9 Å². The molecule has 0 aromatic carbocycles. The van der Waals surface area contributed by atoms with Gasteiger partial charge in [0.25, 0.3) is 0 Å². The van der Waals surface area contributed by atoms with Crippen LogP contribution in [-0.4, -0.2) is 60.2 Å². The van der Waals surface area contributed by atoms with Crippen molar-refractivity contribution in [3.05, 3.63) is 15.8 Å². The van der Waals surface area contributed by atoms with Gasteiger partial charge in [-0.2, -0.15) is 0 Å². The third kappa shape index (κ3) is 7.38. The molecule has 3 aliphatic rings. The zero-order valence-corrected chi connectivity index (χ0v) is 23.9. The second-order valence-corrected chi connectivity index (χ2v) is 13.0. The molecule has 0 bridgehead atoms. The zero-order chi connectivity index (χ0) is 27.3. The van der Waals surface area contributed by atoms with Crippen LogP contribution in [0.25, 0.3) is 0 Å². The molecule has 2 heterocycles. The van der Waals surface area contributed by atoms with Crippen molar-refractivity contribution in [1.82, 2.24) is 0 Å². The summed E-state index contributed by atoms with van der Waals surface area (Å²) in [4.78, 5) is 29.1. The molecule has 1 aliphatic heterocycles. The van der Waals surface area contributed by atoms with Gasteiger partial charge in [0.15, 0.2) is 0 Å². The predicted octanol–water partition coefficient (Wildman–Crippen LogP) is 5.48. The lowest BCUT2D eigenvalue weighted by molar-refractivity contribution is -0.124. The van der Waals surface area contributed by atoms with Gasteiger partial charge in [-0.1, -0.05) is 18.8 Å². The van der Waals surface area contributed by atoms with Crippen molar-refractivity contribution in [2.75, 3.05) is 24.7 Å². The molecule has 0 spiro atoms. The summed E-state index contributed by atoms with van der Waals surface area (Å²) in [6.45, 7) is 7.60. The molecule has 3 fully saturated rings. The molecule has 2 saturated carbocycles. The average molecular weight is 546 g/mol. The lowest BCUT2D eigenvalue weighted by Gasteiger charge is -2.39. The van der Waals surface area contributed by atoms with E-state index in [0.29, 0.717) is 29.5 Å². The van der Waals surface area contributed by atoms with Gasteiger partial charge in [-0.15, -0.1) is 11.3 Å². The molecule has 1 aromatic heterocycles. The van der Waals surface area contributed by atoms with Crippen molar-refractivity contribution in [2.24, 2.45) is 17.3 Å². The zero-order valence-electron chi connectivity index (χ0n) is 23.0. The lowest BCUT2D eigenvalue weighted by atomic mass is 9.81. The van der Waals surface area contributed by atoms with Gasteiger partial charge in [0, 0.05) is 30.6 Å². The summed E-state index contributed by atoms with van der Waals surface area (Å²) < 4.78 is 11.7. The van der Waals surface area contributed by atoms with E-state index in [1.165, 1.54) is 0 Å². The Morgan fingerprint density at radius 2 is 1.82 bits per heavy atom. The van der Waals surface area contributed by atoms with Gasteiger partial charge in [-0.3, -0.25) is 4.79 Å².